The van der Waals surface area contributed by atoms with E-state index in [1.807, 2.05) is 27.0 Å². The van der Waals surface area contributed by atoms with Gasteiger partial charge in [-0.3, -0.25) is 0 Å². The van der Waals surface area contributed by atoms with Gasteiger partial charge in [0, 0.05) is 13.1 Å². The van der Waals surface area contributed by atoms with E-state index in [1.54, 1.807) is 16.5 Å². The predicted octanol–water partition coefficient (Wildman–Crippen LogP) is 0.873. The minimum absolute atomic E-state index is 0.572. The first-order valence-electron chi connectivity index (χ1n) is 5.39. The number of anilines is 1. The molecule has 0 aliphatic carbocycles. The van der Waals surface area contributed by atoms with Gasteiger partial charge in [-0.1, -0.05) is 0 Å². The lowest BCUT2D eigenvalue weighted by Gasteiger charge is -2.06. The smallest absolute Gasteiger partial charge is 0.216 e. The first kappa shape index (κ1) is 11.5. The summed E-state index contributed by atoms with van der Waals surface area (Å²) in [5, 5.41) is 8.65. The van der Waals surface area contributed by atoms with Crippen molar-refractivity contribution in [1.29, 1.82) is 0 Å². The van der Waals surface area contributed by atoms with Gasteiger partial charge in [-0.25, -0.2) is 9.36 Å². The zero-order valence-electron chi connectivity index (χ0n) is 10.6. The van der Waals surface area contributed by atoms with Crippen molar-refractivity contribution in [2.45, 2.75) is 20.4 Å². The van der Waals surface area contributed by atoms with Crippen LogP contribution in [0.5, 0.6) is 5.88 Å². The highest BCUT2D eigenvalue weighted by molar-refractivity contribution is 5.35. The molecule has 2 rings (SSSR count). The molecular formula is C11H17N5O. The summed E-state index contributed by atoms with van der Waals surface area (Å²) >= 11 is 0. The Morgan fingerprint density at radius 3 is 2.59 bits per heavy atom. The zero-order chi connectivity index (χ0) is 12.6. The van der Waals surface area contributed by atoms with Gasteiger partial charge >= 0.3 is 0 Å². The SMILES string of the molecule is COc1c(Cn2nc(C)cc2N)c(C)nn1C. The van der Waals surface area contributed by atoms with Gasteiger partial charge in [0.05, 0.1) is 30.6 Å². The molecule has 17 heavy (non-hydrogen) atoms. The maximum atomic E-state index is 5.87. The summed E-state index contributed by atoms with van der Waals surface area (Å²) in [4.78, 5) is 0. The average molecular weight is 235 g/mol. The Morgan fingerprint density at radius 1 is 1.35 bits per heavy atom. The molecule has 0 unspecified atom stereocenters. The number of aromatic nitrogens is 4. The normalized spacial score (nSPS) is 10.8. The molecule has 0 saturated carbocycles. The number of nitrogens with zero attached hydrogens (tertiary/aromatic N) is 4. The molecule has 0 aliphatic heterocycles. The lowest BCUT2D eigenvalue weighted by atomic mass is 10.2. The fourth-order valence-corrected chi connectivity index (χ4v) is 1.96. The fourth-order valence-electron chi connectivity index (χ4n) is 1.96. The van der Waals surface area contributed by atoms with Crippen molar-refractivity contribution in [1.82, 2.24) is 19.6 Å². The molecular weight excluding hydrogens is 218 g/mol. The quantitative estimate of drug-likeness (QED) is 0.857. The summed E-state index contributed by atoms with van der Waals surface area (Å²) in [6.45, 7) is 4.44. The minimum atomic E-state index is 0.572. The third-order valence-electron chi connectivity index (χ3n) is 2.72. The van der Waals surface area contributed by atoms with Crippen LogP contribution in [0.4, 0.5) is 5.82 Å². The number of nitrogen functional groups attached to an aromatic ring is 1. The Balaban J connectivity index is 2.39. The fraction of sp³-hybridized carbons (Fsp3) is 0.455. The van der Waals surface area contributed by atoms with Crippen LogP contribution in [0, 0.1) is 13.8 Å². The lowest BCUT2D eigenvalue weighted by molar-refractivity contribution is 0.368. The van der Waals surface area contributed by atoms with Gasteiger partial charge in [-0.15, -0.1) is 0 Å². The van der Waals surface area contributed by atoms with E-state index < -0.39 is 0 Å². The predicted molar refractivity (Wildman–Crippen MR) is 65.0 cm³/mol. The number of aryl methyl sites for hydroxylation is 3. The standard InChI is InChI=1S/C11H17N5O/c1-7-5-10(12)16(13-7)6-9-8(2)14-15(3)11(9)17-4/h5H,6,12H2,1-4H3. The van der Waals surface area contributed by atoms with Crippen LogP contribution in [0.25, 0.3) is 0 Å². The lowest BCUT2D eigenvalue weighted by Crippen LogP contribution is -2.07. The minimum Gasteiger partial charge on any atom is -0.481 e. The second-order valence-electron chi connectivity index (χ2n) is 4.07. The molecule has 6 heteroatoms. The zero-order valence-corrected chi connectivity index (χ0v) is 10.6. The molecule has 0 aliphatic rings. The second kappa shape index (κ2) is 4.12. The number of hydrogen-bond donors (Lipinski definition) is 1. The Kier molecular flexibility index (Phi) is 2.79. The van der Waals surface area contributed by atoms with Gasteiger partial charge in [0.25, 0.3) is 0 Å². The molecule has 0 aromatic carbocycles. The number of hydrogen-bond acceptors (Lipinski definition) is 4. The van der Waals surface area contributed by atoms with Crippen molar-refractivity contribution in [3.63, 3.8) is 0 Å². The van der Waals surface area contributed by atoms with Gasteiger partial charge in [-0.05, 0) is 13.8 Å². The molecule has 2 aromatic rings. The second-order valence-corrected chi connectivity index (χ2v) is 4.07. The molecule has 0 fully saturated rings. The van der Waals surface area contributed by atoms with Crippen LogP contribution in [-0.4, -0.2) is 26.7 Å². The Hall–Kier alpha value is -1.98. The highest BCUT2D eigenvalue weighted by Gasteiger charge is 2.15. The van der Waals surface area contributed by atoms with E-state index in [1.165, 1.54) is 0 Å². The maximum Gasteiger partial charge on any atom is 0.216 e. The molecule has 2 heterocycles. The number of nitrogens with two attached hydrogens (primary N) is 1. The maximum absolute atomic E-state index is 5.87. The molecule has 92 valence electrons. The summed E-state index contributed by atoms with van der Waals surface area (Å²) in [6.07, 6.45) is 0. The van der Waals surface area contributed by atoms with Crippen molar-refractivity contribution < 1.29 is 4.74 Å². The van der Waals surface area contributed by atoms with Gasteiger partial charge in [0.2, 0.25) is 5.88 Å². The van der Waals surface area contributed by atoms with E-state index in [2.05, 4.69) is 10.2 Å². The van der Waals surface area contributed by atoms with Crippen molar-refractivity contribution in [3.8, 4) is 5.88 Å². The summed E-state index contributed by atoms with van der Waals surface area (Å²) in [6, 6.07) is 1.85. The number of ether oxygens (including phenoxy) is 1. The molecule has 0 amide bonds. The molecule has 0 saturated heterocycles. The number of rotatable bonds is 3. The molecule has 0 radical (unpaired) electrons. The van der Waals surface area contributed by atoms with Gasteiger partial charge in [0.1, 0.15) is 5.82 Å². The summed E-state index contributed by atoms with van der Waals surface area (Å²) in [7, 11) is 3.49. The van der Waals surface area contributed by atoms with E-state index in [0.717, 1.165) is 22.8 Å². The van der Waals surface area contributed by atoms with Crippen molar-refractivity contribution in [3.05, 3.63) is 23.0 Å². The largest absolute Gasteiger partial charge is 0.481 e. The first-order valence-corrected chi connectivity index (χ1v) is 5.39. The Labute approximate surface area is 100.0 Å². The van der Waals surface area contributed by atoms with Gasteiger partial charge in [0.15, 0.2) is 0 Å². The van der Waals surface area contributed by atoms with Crippen LogP contribution in [-0.2, 0) is 13.6 Å². The van der Waals surface area contributed by atoms with Crippen molar-refractivity contribution in [2.24, 2.45) is 7.05 Å². The molecule has 2 aromatic heterocycles. The molecule has 0 atom stereocenters. The monoisotopic (exact) mass is 235 g/mol. The molecule has 6 nitrogen and oxygen atoms in total. The highest BCUT2D eigenvalue weighted by Crippen LogP contribution is 2.22. The molecule has 0 bridgehead atoms. The van der Waals surface area contributed by atoms with Gasteiger partial charge < -0.3 is 10.5 Å². The van der Waals surface area contributed by atoms with Crippen molar-refractivity contribution in [2.75, 3.05) is 12.8 Å². The van der Waals surface area contributed by atoms with E-state index in [4.69, 9.17) is 10.5 Å². The Morgan fingerprint density at radius 2 is 2.06 bits per heavy atom. The highest BCUT2D eigenvalue weighted by atomic mass is 16.5. The first-order chi connectivity index (χ1) is 8.02. The van der Waals surface area contributed by atoms with E-state index >= 15 is 0 Å². The van der Waals surface area contributed by atoms with Gasteiger partial charge in [-0.2, -0.15) is 10.2 Å². The van der Waals surface area contributed by atoms with E-state index in [0.29, 0.717) is 12.4 Å². The van der Waals surface area contributed by atoms with Crippen LogP contribution in [0.3, 0.4) is 0 Å². The van der Waals surface area contributed by atoms with Crippen LogP contribution >= 0.6 is 0 Å². The van der Waals surface area contributed by atoms with E-state index in [-0.39, 0.29) is 0 Å². The van der Waals surface area contributed by atoms with Crippen LogP contribution in [0.15, 0.2) is 6.07 Å². The van der Waals surface area contributed by atoms with Crippen LogP contribution < -0.4 is 10.5 Å². The average Bonchev–Trinajstić information content (AvgIpc) is 2.69. The molecule has 0 spiro atoms. The third kappa shape index (κ3) is 1.98. The third-order valence-corrected chi connectivity index (χ3v) is 2.72. The summed E-state index contributed by atoms with van der Waals surface area (Å²) < 4.78 is 8.81. The van der Waals surface area contributed by atoms with Crippen LogP contribution in [0.1, 0.15) is 17.0 Å². The summed E-state index contributed by atoms with van der Waals surface area (Å²) in [5.41, 5.74) is 8.71. The topological polar surface area (TPSA) is 70.9 Å². The van der Waals surface area contributed by atoms with Crippen LogP contribution in [0.2, 0.25) is 0 Å². The molecule has 2 N–H and O–H groups in total. The Bertz CT molecular complexity index is 540. The van der Waals surface area contributed by atoms with Crippen molar-refractivity contribution >= 4 is 5.82 Å². The number of methoxy groups -OCH3 is 1. The summed E-state index contributed by atoms with van der Waals surface area (Å²) in [5.74, 6) is 1.39. The van der Waals surface area contributed by atoms with E-state index in [9.17, 15) is 0 Å².